The molecule has 0 aromatic rings. The van der Waals surface area contributed by atoms with Gasteiger partial charge >= 0.3 is 0 Å². The van der Waals surface area contributed by atoms with Crippen LogP contribution in [0, 0.1) is 0 Å². The first-order valence-corrected chi connectivity index (χ1v) is 7.41. The van der Waals surface area contributed by atoms with Crippen LogP contribution in [-0.4, -0.2) is 49.6 Å². The number of carbonyl (C=O) groups excluding carboxylic acids is 1. The summed E-state index contributed by atoms with van der Waals surface area (Å²) in [6.45, 7) is 1.10. The van der Waals surface area contributed by atoms with Crippen molar-refractivity contribution in [3.63, 3.8) is 0 Å². The third-order valence-electron chi connectivity index (χ3n) is 4.67. The number of hydrogen-bond acceptors (Lipinski definition) is 3. The summed E-state index contributed by atoms with van der Waals surface area (Å²) in [5, 5.41) is 6.21. The Bertz CT molecular complexity index is 274. The van der Waals surface area contributed by atoms with Gasteiger partial charge < -0.3 is 10.6 Å². The molecule has 0 spiro atoms. The molecule has 104 valence electrons. The van der Waals surface area contributed by atoms with Crippen LogP contribution in [0.25, 0.3) is 0 Å². The van der Waals surface area contributed by atoms with Crippen molar-refractivity contribution in [2.75, 3.05) is 20.6 Å². The summed E-state index contributed by atoms with van der Waals surface area (Å²) in [5.74, 6) is 0.213. The van der Waals surface area contributed by atoms with Crippen molar-refractivity contribution in [1.29, 1.82) is 0 Å². The predicted octanol–water partition coefficient (Wildman–Crippen LogP) is 1.12. The van der Waals surface area contributed by atoms with Gasteiger partial charge in [0.15, 0.2) is 0 Å². The van der Waals surface area contributed by atoms with Crippen LogP contribution < -0.4 is 10.6 Å². The maximum Gasteiger partial charge on any atom is 0.237 e. The van der Waals surface area contributed by atoms with Crippen LogP contribution in [0.2, 0.25) is 0 Å². The molecule has 1 atom stereocenters. The van der Waals surface area contributed by atoms with E-state index in [1.165, 1.54) is 38.5 Å². The van der Waals surface area contributed by atoms with Gasteiger partial charge in [-0.3, -0.25) is 9.69 Å². The van der Waals surface area contributed by atoms with Gasteiger partial charge in [-0.2, -0.15) is 0 Å². The molecule has 1 amide bonds. The van der Waals surface area contributed by atoms with Crippen molar-refractivity contribution in [1.82, 2.24) is 15.5 Å². The van der Waals surface area contributed by atoms with Gasteiger partial charge in [0.05, 0.1) is 6.04 Å². The molecule has 1 aliphatic carbocycles. The SMILES string of the molecule is CNC(=O)C1CCCCN1C1CCC(NC)CC1. The zero-order valence-electron chi connectivity index (χ0n) is 11.7. The Hall–Kier alpha value is -0.610. The van der Waals surface area contributed by atoms with E-state index in [1.807, 2.05) is 0 Å². The standard InChI is InChI=1S/C14H27N3O/c1-15-11-6-8-12(9-7-11)17-10-4-3-5-13(17)14(18)16-2/h11-13,15H,3-10H2,1-2H3,(H,16,18). The van der Waals surface area contributed by atoms with Crippen molar-refractivity contribution >= 4 is 5.91 Å². The van der Waals surface area contributed by atoms with Crippen molar-refractivity contribution in [3.8, 4) is 0 Å². The monoisotopic (exact) mass is 253 g/mol. The summed E-state index contributed by atoms with van der Waals surface area (Å²) in [6.07, 6.45) is 8.44. The minimum atomic E-state index is 0.125. The van der Waals surface area contributed by atoms with Gasteiger partial charge in [0.1, 0.15) is 0 Å². The molecule has 1 aliphatic heterocycles. The largest absolute Gasteiger partial charge is 0.358 e. The average Bonchev–Trinajstić information content (AvgIpc) is 2.46. The Balaban J connectivity index is 1.95. The molecule has 1 saturated carbocycles. The first-order chi connectivity index (χ1) is 8.76. The van der Waals surface area contributed by atoms with E-state index in [1.54, 1.807) is 7.05 Å². The number of nitrogens with zero attached hydrogens (tertiary/aromatic N) is 1. The van der Waals surface area contributed by atoms with Crippen LogP contribution in [0.15, 0.2) is 0 Å². The lowest BCUT2D eigenvalue weighted by Gasteiger charge is -2.43. The second kappa shape index (κ2) is 6.53. The van der Waals surface area contributed by atoms with E-state index >= 15 is 0 Å². The molecular weight excluding hydrogens is 226 g/mol. The maximum absolute atomic E-state index is 12.0. The Morgan fingerprint density at radius 3 is 2.39 bits per heavy atom. The van der Waals surface area contributed by atoms with Crippen molar-refractivity contribution in [2.45, 2.75) is 63.1 Å². The molecule has 4 heteroatoms. The highest BCUT2D eigenvalue weighted by atomic mass is 16.2. The average molecular weight is 253 g/mol. The van der Waals surface area contributed by atoms with E-state index in [4.69, 9.17) is 0 Å². The molecular formula is C14H27N3O. The van der Waals surface area contributed by atoms with Crippen LogP contribution >= 0.6 is 0 Å². The highest BCUT2D eigenvalue weighted by Gasteiger charge is 2.34. The summed E-state index contributed by atoms with van der Waals surface area (Å²) in [7, 11) is 3.81. The van der Waals surface area contributed by atoms with Crippen molar-refractivity contribution in [2.24, 2.45) is 0 Å². The molecule has 2 N–H and O–H groups in total. The van der Waals surface area contributed by atoms with Gasteiger partial charge in [0.2, 0.25) is 5.91 Å². The van der Waals surface area contributed by atoms with Crippen molar-refractivity contribution < 1.29 is 4.79 Å². The second-order valence-corrected chi connectivity index (χ2v) is 5.66. The molecule has 2 aliphatic rings. The molecule has 0 aromatic heterocycles. The van der Waals surface area contributed by atoms with Gasteiger partial charge in [-0.1, -0.05) is 6.42 Å². The minimum absolute atomic E-state index is 0.125. The third-order valence-corrected chi connectivity index (χ3v) is 4.67. The fourth-order valence-electron chi connectivity index (χ4n) is 3.54. The summed E-state index contributed by atoms with van der Waals surface area (Å²) in [6, 6.07) is 1.43. The van der Waals surface area contributed by atoms with Gasteiger partial charge in [-0.15, -0.1) is 0 Å². The number of likely N-dealkylation sites (N-methyl/N-ethyl adjacent to an activating group) is 1. The van der Waals surface area contributed by atoms with Crippen LogP contribution in [0.1, 0.15) is 44.9 Å². The Morgan fingerprint density at radius 1 is 1.06 bits per heavy atom. The number of piperidine rings is 1. The van der Waals surface area contributed by atoms with Gasteiger partial charge in [-0.05, 0) is 52.1 Å². The van der Waals surface area contributed by atoms with Crippen LogP contribution in [0.3, 0.4) is 0 Å². The summed E-state index contributed by atoms with van der Waals surface area (Å²) < 4.78 is 0. The van der Waals surface area contributed by atoms with Gasteiger partial charge in [-0.25, -0.2) is 0 Å². The molecule has 2 fully saturated rings. The summed E-state index contributed by atoms with van der Waals surface area (Å²) in [5.41, 5.74) is 0. The molecule has 4 nitrogen and oxygen atoms in total. The molecule has 2 rings (SSSR count). The number of rotatable bonds is 3. The zero-order chi connectivity index (χ0) is 13.0. The number of hydrogen-bond donors (Lipinski definition) is 2. The Kier molecular flexibility index (Phi) is 5.01. The molecule has 1 unspecified atom stereocenters. The summed E-state index contributed by atoms with van der Waals surface area (Å²) >= 11 is 0. The molecule has 1 heterocycles. The second-order valence-electron chi connectivity index (χ2n) is 5.66. The molecule has 0 aromatic carbocycles. The lowest BCUT2D eigenvalue weighted by molar-refractivity contribution is -0.128. The Labute approximate surface area is 110 Å². The van der Waals surface area contributed by atoms with Crippen LogP contribution in [-0.2, 0) is 4.79 Å². The fourth-order valence-corrected chi connectivity index (χ4v) is 3.54. The highest BCUT2D eigenvalue weighted by Crippen LogP contribution is 2.28. The zero-order valence-corrected chi connectivity index (χ0v) is 11.7. The van der Waals surface area contributed by atoms with Crippen LogP contribution in [0.4, 0.5) is 0 Å². The van der Waals surface area contributed by atoms with E-state index in [9.17, 15) is 4.79 Å². The van der Waals surface area contributed by atoms with Crippen molar-refractivity contribution in [3.05, 3.63) is 0 Å². The normalized spacial score (nSPS) is 34.2. The van der Waals surface area contributed by atoms with E-state index < -0.39 is 0 Å². The first-order valence-electron chi connectivity index (χ1n) is 7.41. The number of nitrogens with one attached hydrogen (secondary N) is 2. The fraction of sp³-hybridized carbons (Fsp3) is 0.929. The van der Waals surface area contributed by atoms with Gasteiger partial charge in [0, 0.05) is 19.1 Å². The molecule has 0 bridgehead atoms. The highest BCUT2D eigenvalue weighted by molar-refractivity contribution is 5.81. The predicted molar refractivity (Wildman–Crippen MR) is 73.5 cm³/mol. The van der Waals surface area contributed by atoms with Crippen LogP contribution in [0.5, 0.6) is 0 Å². The number of carbonyl (C=O) groups is 1. The summed E-state index contributed by atoms with van der Waals surface area (Å²) in [4.78, 5) is 14.5. The Morgan fingerprint density at radius 2 is 1.78 bits per heavy atom. The lowest BCUT2D eigenvalue weighted by atomic mass is 9.87. The molecule has 1 saturated heterocycles. The van der Waals surface area contributed by atoms with E-state index in [0.717, 1.165) is 13.0 Å². The van der Waals surface area contributed by atoms with E-state index in [2.05, 4.69) is 22.6 Å². The van der Waals surface area contributed by atoms with E-state index in [0.29, 0.717) is 12.1 Å². The first kappa shape index (κ1) is 13.8. The third kappa shape index (κ3) is 3.04. The number of likely N-dealkylation sites (tertiary alicyclic amines) is 1. The van der Waals surface area contributed by atoms with E-state index in [-0.39, 0.29) is 11.9 Å². The topological polar surface area (TPSA) is 44.4 Å². The maximum atomic E-state index is 12.0. The molecule has 18 heavy (non-hydrogen) atoms. The lowest BCUT2D eigenvalue weighted by Crippen LogP contribution is -2.54. The quantitative estimate of drug-likeness (QED) is 0.792. The smallest absolute Gasteiger partial charge is 0.237 e. The van der Waals surface area contributed by atoms with Gasteiger partial charge in [0.25, 0.3) is 0 Å². The molecule has 0 radical (unpaired) electrons. The number of amides is 1. The minimum Gasteiger partial charge on any atom is -0.358 e.